The van der Waals surface area contributed by atoms with Crippen LogP contribution in [0.3, 0.4) is 0 Å². The predicted octanol–water partition coefficient (Wildman–Crippen LogP) is 3.04. The minimum Gasteiger partial charge on any atom is -0.463 e. The van der Waals surface area contributed by atoms with Gasteiger partial charge in [0.05, 0.1) is 6.61 Å². The van der Waals surface area contributed by atoms with Gasteiger partial charge in [0.2, 0.25) is 0 Å². The average Bonchev–Trinajstić information content (AvgIpc) is 2.17. The summed E-state index contributed by atoms with van der Waals surface area (Å²) in [6.45, 7) is 5.60. The molecule has 0 rings (SSSR count). The smallest absolute Gasteiger partial charge is 0.350 e. The lowest BCUT2D eigenvalue weighted by Gasteiger charge is -2.15. The average molecular weight is 267 g/mol. The Morgan fingerprint density at radius 1 is 1.31 bits per heavy atom. The fraction of sp³-hybridized carbons (Fsp3) is 0.636. The van der Waals surface area contributed by atoms with E-state index >= 15 is 0 Å². The maximum absolute atomic E-state index is 11.6. The van der Waals surface area contributed by atoms with Crippen LogP contribution in [0.4, 0.5) is 0 Å². The van der Waals surface area contributed by atoms with E-state index in [-0.39, 0.29) is 13.0 Å². The SMILES string of the molecule is CCOC(=O)C(Cl)(Cl)C(=O)CCC=C(C)C. The van der Waals surface area contributed by atoms with Gasteiger partial charge in [-0.15, -0.1) is 0 Å². The zero-order chi connectivity index (χ0) is 12.8. The molecule has 0 radical (unpaired) electrons. The lowest BCUT2D eigenvalue weighted by atomic mass is 10.1. The van der Waals surface area contributed by atoms with Gasteiger partial charge < -0.3 is 4.74 Å². The first-order valence-electron chi connectivity index (χ1n) is 5.04. The molecule has 0 aromatic carbocycles. The number of alkyl halides is 2. The number of hydrogen-bond donors (Lipinski definition) is 0. The quantitative estimate of drug-likeness (QED) is 0.321. The Morgan fingerprint density at radius 3 is 2.31 bits per heavy atom. The number of ketones is 1. The number of carbonyl (C=O) groups excluding carboxylic acids is 2. The second-order valence-electron chi connectivity index (χ2n) is 3.54. The maximum atomic E-state index is 11.6. The third-order valence-electron chi connectivity index (χ3n) is 1.81. The molecule has 0 amide bonds. The summed E-state index contributed by atoms with van der Waals surface area (Å²) in [6.07, 6.45) is 2.52. The van der Waals surface area contributed by atoms with Crippen molar-refractivity contribution in [2.24, 2.45) is 0 Å². The number of ether oxygens (including phenoxy) is 1. The van der Waals surface area contributed by atoms with Crippen molar-refractivity contribution in [3.63, 3.8) is 0 Å². The number of rotatable bonds is 6. The minimum atomic E-state index is -2.08. The molecule has 16 heavy (non-hydrogen) atoms. The summed E-state index contributed by atoms with van der Waals surface area (Å²) in [5.74, 6) is -1.44. The van der Waals surface area contributed by atoms with E-state index in [1.54, 1.807) is 6.92 Å². The van der Waals surface area contributed by atoms with E-state index in [4.69, 9.17) is 23.2 Å². The molecule has 0 aliphatic rings. The van der Waals surface area contributed by atoms with Crippen LogP contribution in [0.5, 0.6) is 0 Å². The molecular formula is C11H16Cl2O3. The summed E-state index contributed by atoms with van der Waals surface area (Å²) < 4.78 is 2.54. The van der Waals surface area contributed by atoms with Crippen LogP contribution in [0.1, 0.15) is 33.6 Å². The summed E-state index contributed by atoms with van der Waals surface area (Å²) in [5.41, 5.74) is 1.10. The fourth-order valence-electron chi connectivity index (χ4n) is 0.984. The third kappa shape index (κ3) is 4.99. The molecule has 0 saturated heterocycles. The Morgan fingerprint density at radius 2 is 1.88 bits per heavy atom. The normalized spacial score (nSPS) is 10.8. The Hall–Kier alpha value is -0.540. The van der Waals surface area contributed by atoms with Crippen LogP contribution in [0.25, 0.3) is 0 Å². The highest BCUT2D eigenvalue weighted by atomic mass is 35.5. The molecule has 0 atom stereocenters. The van der Waals surface area contributed by atoms with Crippen molar-refractivity contribution in [1.29, 1.82) is 0 Å². The Labute approximate surface area is 106 Å². The van der Waals surface area contributed by atoms with E-state index in [0.717, 1.165) is 5.57 Å². The molecule has 0 N–H and O–H groups in total. The van der Waals surface area contributed by atoms with Crippen LogP contribution in [-0.4, -0.2) is 22.7 Å². The van der Waals surface area contributed by atoms with Crippen molar-refractivity contribution in [1.82, 2.24) is 0 Å². The molecule has 0 spiro atoms. The van der Waals surface area contributed by atoms with E-state index < -0.39 is 16.1 Å². The van der Waals surface area contributed by atoms with Gasteiger partial charge in [-0.05, 0) is 27.2 Å². The van der Waals surface area contributed by atoms with Crippen LogP contribution in [0.2, 0.25) is 0 Å². The monoisotopic (exact) mass is 266 g/mol. The van der Waals surface area contributed by atoms with Crippen LogP contribution in [0, 0.1) is 0 Å². The van der Waals surface area contributed by atoms with Gasteiger partial charge in [-0.2, -0.15) is 0 Å². The fourth-order valence-corrected chi connectivity index (χ4v) is 1.28. The highest BCUT2D eigenvalue weighted by molar-refractivity contribution is 6.67. The van der Waals surface area contributed by atoms with Gasteiger partial charge in [0.15, 0.2) is 5.78 Å². The topological polar surface area (TPSA) is 43.4 Å². The molecule has 0 aliphatic heterocycles. The van der Waals surface area contributed by atoms with Crippen molar-refractivity contribution in [3.8, 4) is 0 Å². The van der Waals surface area contributed by atoms with Crippen molar-refractivity contribution in [2.45, 2.75) is 37.9 Å². The Balaban J connectivity index is 4.35. The number of esters is 1. The molecule has 0 heterocycles. The van der Waals surface area contributed by atoms with Crippen molar-refractivity contribution < 1.29 is 14.3 Å². The van der Waals surface area contributed by atoms with Gasteiger partial charge in [0.25, 0.3) is 4.33 Å². The highest BCUT2D eigenvalue weighted by Gasteiger charge is 2.42. The summed E-state index contributed by atoms with van der Waals surface area (Å²) in [7, 11) is 0. The second-order valence-corrected chi connectivity index (χ2v) is 4.87. The predicted molar refractivity (Wildman–Crippen MR) is 64.7 cm³/mol. The third-order valence-corrected chi connectivity index (χ3v) is 2.54. The summed E-state index contributed by atoms with van der Waals surface area (Å²) in [4.78, 5) is 22.8. The molecule has 92 valence electrons. The standard InChI is InChI=1S/C11H16Cl2O3/c1-4-16-10(15)11(12,13)9(14)7-5-6-8(2)3/h6H,4-5,7H2,1-3H3. The summed E-state index contributed by atoms with van der Waals surface area (Å²) >= 11 is 11.3. The number of halogens is 2. The molecule has 0 unspecified atom stereocenters. The molecule has 0 fully saturated rings. The zero-order valence-electron chi connectivity index (χ0n) is 9.68. The van der Waals surface area contributed by atoms with Crippen LogP contribution in [-0.2, 0) is 14.3 Å². The van der Waals surface area contributed by atoms with Crippen LogP contribution in [0.15, 0.2) is 11.6 Å². The van der Waals surface area contributed by atoms with Gasteiger partial charge in [-0.3, -0.25) is 4.79 Å². The van der Waals surface area contributed by atoms with E-state index in [9.17, 15) is 9.59 Å². The van der Waals surface area contributed by atoms with Gasteiger partial charge in [-0.1, -0.05) is 34.9 Å². The minimum absolute atomic E-state index is 0.122. The molecular weight excluding hydrogens is 251 g/mol. The van der Waals surface area contributed by atoms with E-state index in [2.05, 4.69) is 4.74 Å². The molecule has 5 heteroatoms. The Kier molecular flexibility index (Phi) is 6.68. The second kappa shape index (κ2) is 6.92. The first-order valence-corrected chi connectivity index (χ1v) is 5.79. The summed E-state index contributed by atoms with van der Waals surface area (Å²) in [6, 6.07) is 0. The van der Waals surface area contributed by atoms with Crippen molar-refractivity contribution in [2.75, 3.05) is 6.61 Å². The van der Waals surface area contributed by atoms with E-state index in [1.807, 2.05) is 19.9 Å². The Bertz CT molecular complexity index is 292. The van der Waals surface area contributed by atoms with Gasteiger partial charge in [0.1, 0.15) is 0 Å². The number of allylic oxidation sites excluding steroid dienone is 2. The van der Waals surface area contributed by atoms with Crippen molar-refractivity contribution >= 4 is 35.0 Å². The number of carbonyl (C=O) groups is 2. The molecule has 0 aromatic heterocycles. The lowest BCUT2D eigenvalue weighted by molar-refractivity contribution is -0.146. The number of hydrogen-bond acceptors (Lipinski definition) is 3. The van der Waals surface area contributed by atoms with Crippen molar-refractivity contribution in [3.05, 3.63) is 11.6 Å². The first-order chi connectivity index (χ1) is 7.32. The molecule has 0 aliphatic carbocycles. The number of Topliss-reactive ketones (excluding diaryl/α,β-unsaturated/α-hetero) is 1. The first kappa shape index (κ1) is 15.5. The van der Waals surface area contributed by atoms with Gasteiger partial charge in [0, 0.05) is 6.42 Å². The van der Waals surface area contributed by atoms with E-state index in [0.29, 0.717) is 6.42 Å². The van der Waals surface area contributed by atoms with E-state index in [1.165, 1.54) is 0 Å². The molecule has 0 saturated carbocycles. The molecule has 3 nitrogen and oxygen atoms in total. The molecule has 0 bridgehead atoms. The highest BCUT2D eigenvalue weighted by Crippen LogP contribution is 2.26. The van der Waals surface area contributed by atoms with Crippen LogP contribution >= 0.6 is 23.2 Å². The van der Waals surface area contributed by atoms with Gasteiger partial charge >= 0.3 is 5.97 Å². The van der Waals surface area contributed by atoms with Crippen LogP contribution < -0.4 is 0 Å². The summed E-state index contributed by atoms with van der Waals surface area (Å²) in [5, 5.41) is 0. The lowest BCUT2D eigenvalue weighted by Crippen LogP contribution is -2.37. The zero-order valence-corrected chi connectivity index (χ0v) is 11.2. The largest absolute Gasteiger partial charge is 0.463 e. The van der Waals surface area contributed by atoms with Gasteiger partial charge in [-0.25, -0.2) is 4.79 Å². The maximum Gasteiger partial charge on any atom is 0.350 e. The molecule has 0 aromatic rings.